The molecule has 0 radical (unpaired) electrons. The molecule has 0 spiro atoms. The molecule has 2 amide bonds. The van der Waals surface area contributed by atoms with Gasteiger partial charge < -0.3 is 28.5 Å². The van der Waals surface area contributed by atoms with Gasteiger partial charge in [-0.3, -0.25) is 9.59 Å². The van der Waals surface area contributed by atoms with Gasteiger partial charge in [0.25, 0.3) is 5.91 Å². The molecule has 47 heavy (non-hydrogen) atoms. The fourth-order valence-corrected chi connectivity index (χ4v) is 5.54. The maximum absolute atomic E-state index is 12.7. The lowest BCUT2D eigenvalue weighted by Gasteiger charge is -2.14. The second kappa shape index (κ2) is 15.5. The number of carbonyl (C=O) groups excluding carboxylic acids is 2. The summed E-state index contributed by atoms with van der Waals surface area (Å²) >= 11 is 2.11. The van der Waals surface area contributed by atoms with Crippen molar-refractivity contribution in [2.45, 2.75) is 34.3 Å². The number of nitrogens with zero attached hydrogens (tertiary/aromatic N) is 2. The quantitative estimate of drug-likeness (QED) is 0.0740. The minimum atomic E-state index is -0.506. The minimum Gasteiger partial charge on any atom is -0.490 e. The lowest BCUT2D eigenvalue weighted by Crippen LogP contribution is -2.20. The number of ether oxygens (including phenoxy) is 3. The van der Waals surface area contributed by atoms with E-state index in [1.165, 1.54) is 6.21 Å². The molecule has 0 aliphatic rings. The number of aromatic nitrogens is 1. The molecule has 2 aromatic heterocycles. The third kappa shape index (κ3) is 8.82. The first-order valence-electron chi connectivity index (χ1n) is 15.0. The molecule has 0 atom stereocenters. The molecule has 0 fully saturated rings. The number of carbonyl (C=O) groups is 2. The monoisotopic (exact) mass is 746 g/mol. The van der Waals surface area contributed by atoms with Crippen molar-refractivity contribution >= 4 is 46.3 Å². The van der Waals surface area contributed by atoms with Crippen LogP contribution in [0.3, 0.4) is 0 Å². The number of benzene rings is 3. The molecule has 2 N–H and O–H groups in total. The van der Waals surface area contributed by atoms with E-state index < -0.39 is 5.91 Å². The fraction of sp³-hybridized carbons (Fsp3) is 0.194. The zero-order valence-corrected chi connectivity index (χ0v) is 28.7. The van der Waals surface area contributed by atoms with Crippen LogP contribution >= 0.6 is 22.6 Å². The molecule has 0 bridgehead atoms. The average Bonchev–Trinajstić information content (AvgIpc) is 3.67. The van der Waals surface area contributed by atoms with Crippen molar-refractivity contribution < 1.29 is 28.2 Å². The molecule has 11 heteroatoms. The summed E-state index contributed by atoms with van der Waals surface area (Å²) in [7, 11) is 0. The van der Waals surface area contributed by atoms with Crippen molar-refractivity contribution in [2.24, 2.45) is 5.10 Å². The number of hydrogen-bond acceptors (Lipinski definition) is 7. The van der Waals surface area contributed by atoms with Gasteiger partial charge in [0.05, 0.1) is 16.4 Å². The molecule has 0 saturated carbocycles. The van der Waals surface area contributed by atoms with Gasteiger partial charge >= 0.3 is 5.91 Å². The number of amides is 2. The second-order valence-corrected chi connectivity index (χ2v) is 11.8. The van der Waals surface area contributed by atoms with Crippen LogP contribution in [0.5, 0.6) is 17.2 Å². The number of hydrogen-bond donors (Lipinski definition) is 2. The van der Waals surface area contributed by atoms with E-state index in [0.29, 0.717) is 44.4 Å². The van der Waals surface area contributed by atoms with Crippen LogP contribution in [0.1, 0.15) is 45.8 Å². The van der Waals surface area contributed by atoms with Crippen LogP contribution in [0.4, 0.5) is 5.69 Å². The number of aryl methyl sites for hydroxylation is 3. The first kappa shape index (κ1) is 33.3. The van der Waals surface area contributed by atoms with Gasteiger partial charge in [-0.15, -0.1) is 0 Å². The maximum atomic E-state index is 12.7. The highest BCUT2D eigenvalue weighted by Gasteiger charge is 2.15. The smallest absolute Gasteiger partial charge is 0.307 e. The van der Waals surface area contributed by atoms with Crippen LogP contribution in [0.15, 0.2) is 94.4 Å². The number of anilines is 1. The summed E-state index contributed by atoms with van der Waals surface area (Å²) in [5, 5.41) is 6.89. The number of rotatable bonds is 13. The molecule has 5 rings (SSSR count). The highest BCUT2D eigenvalue weighted by Crippen LogP contribution is 2.34. The summed E-state index contributed by atoms with van der Waals surface area (Å²) in [6.45, 7) is 8.34. The first-order chi connectivity index (χ1) is 22.7. The summed E-state index contributed by atoms with van der Waals surface area (Å²) in [5.74, 6) is 1.39. The molecule has 3 aromatic carbocycles. The number of halogens is 1. The molecule has 242 valence electrons. The Balaban J connectivity index is 1.13. The summed E-state index contributed by atoms with van der Waals surface area (Å²) < 4.78 is 26.0. The van der Waals surface area contributed by atoms with Crippen molar-refractivity contribution in [1.29, 1.82) is 0 Å². The summed E-state index contributed by atoms with van der Waals surface area (Å²) in [4.78, 5) is 25.1. The number of nitrogens with one attached hydrogen (secondary N) is 2. The van der Waals surface area contributed by atoms with Crippen LogP contribution in [0, 0.1) is 24.3 Å². The predicted molar refractivity (Wildman–Crippen MR) is 189 cm³/mol. The van der Waals surface area contributed by atoms with E-state index in [2.05, 4.69) is 69.0 Å². The van der Waals surface area contributed by atoms with E-state index in [-0.39, 0.29) is 24.9 Å². The lowest BCUT2D eigenvalue weighted by molar-refractivity contribution is -0.118. The van der Waals surface area contributed by atoms with Gasteiger partial charge in [-0.1, -0.05) is 17.7 Å². The molecule has 5 aromatic rings. The first-order valence-corrected chi connectivity index (χ1v) is 16.0. The van der Waals surface area contributed by atoms with Gasteiger partial charge in [0.2, 0.25) is 0 Å². The summed E-state index contributed by atoms with van der Waals surface area (Å²) in [6, 6.07) is 26.3. The topological polar surface area (TPSA) is 116 Å². The van der Waals surface area contributed by atoms with Crippen molar-refractivity contribution in [1.82, 2.24) is 9.99 Å². The number of furan rings is 1. The van der Waals surface area contributed by atoms with Gasteiger partial charge in [0, 0.05) is 22.8 Å². The Morgan fingerprint density at radius 2 is 1.62 bits per heavy atom. The molecule has 2 heterocycles. The van der Waals surface area contributed by atoms with Crippen LogP contribution in [-0.2, 0) is 11.4 Å². The van der Waals surface area contributed by atoms with Gasteiger partial charge in [0.15, 0.2) is 23.9 Å². The van der Waals surface area contributed by atoms with Crippen LogP contribution in [0.25, 0.3) is 5.69 Å². The zero-order chi connectivity index (χ0) is 33.3. The molecule has 0 saturated heterocycles. The Morgan fingerprint density at radius 3 is 2.32 bits per heavy atom. The second-order valence-electron chi connectivity index (χ2n) is 10.7. The van der Waals surface area contributed by atoms with E-state index in [4.69, 9.17) is 18.6 Å². The average molecular weight is 747 g/mol. The van der Waals surface area contributed by atoms with Crippen molar-refractivity contribution in [3.63, 3.8) is 0 Å². The molecule has 0 aliphatic heterocycles. The van der Waals surface area contributed by atoms with E-state index in [0.717, 1.165) is 22.6 Å². The van der Waals surface area contributed by atoms with Crippen LogP contribution in [0.2, 0.25) is 0 Å². The van der Waals surface area contributed by atoms with E-state index in [1.807, 2.05) is 68.4 Å². The molecular weight excluding hydrogens is 711 g/mol. The highest BCUT2D eigenvalue weighted by atomic mass is 127. The molecular formula is C36H35IN4O6. The van der Waals surface area contributed by atoms with Crippen LogP contribution < -0.4 is 25.0 Å². The minimum absolute atomic E-state index is 0.104. The van der Waals surface area contributed by atoms with Gasteiger partial charge in [-0.2, -0.15) is 5.10 Å². The zero-order valence-electron chi connectivity index (χ0n) is 26.5. The molecule has 10 nitrogen and oxygen atoms in total. The van der Waals surface area contributed by atoms with E-state index in [9.17, 15) is 9.59 Å². The third-order valence-electron chi connectivity index (χ3n) is 7.03. The maximum Gasteiger partial charge on any atom is 0.307 e. The van der Waals surface area contributed by atoms with E-state index in [1.54, 1.807) is 18.2 Å². The Labute approximate surface area is 286 Å². The van der Waals surface area contributed by atoms with Gasteiger partial charge in [0.1, 0.15) is 18.1 Å². The molecule has 0 aliphatic carbocycles. The lowest BCUT2D eigenvalue weighted by atomic mass is 10.2. The predicted octanol–water partition coefficient (Wildman–Crippen LogP) is 7.36. The highest BCUT2D eigenvalue weighted by molar-refractivity contribution is 14.1. The van der Waals surface area contributed by atoms with Crippen molar-refractivity contribution in [3.05, 3.63) is 123 Å². The number of hydrazone groups is 1. The van der Waals surface area contributed by atoms with E-state index >= 15 is 0 Å². The van der Waals surface area contributed by atoms with Crippen LogP contribution in [-0.4, -0.2) is 35.8 Å². The Kier molecular flexibility index (Phi) is 11.0. The van der Waals surface area contributed by atoms with Gasteiger partial charge in [-0.05, 0) is 129 Å². The Bertz CT molecular complexity index is 1860. The van der Waals surface area contributed by atoms with Gasteiger partial charge in [-0.25, -0.2) is 5.43 Å². The van der Waals surface area contributed by atoms with Crippen molar-refractivity contribution in [2.75, 3.05) is 18.5 Å². The fourth-order valence-electron chi connectivity index (χ4n) is 4.76. The largest absolute Gasteiger partial charge is 0.490 e. The summed E-state index contributed by atoms with van der Waals surface area (Å²) in [5.41, 5.74) is 8.31. The molecule has 0 unspecified atom stereocenters. The standard InChI is InChI=1S/C36H35IN4O6/c1-5-44-33-19-26(18-31(37)35(33)46-22-34(42)39-27-10-6-23(2)7-11-27)20-38-40-36(43)32-17-16-30(47-32)21-45-29-14-12-28(13-15-29)41-24(3)8-9-25(41)4/h6-20H,5,21-22H2,1-4H3,(H,39,42)(H,40,43)/b38-20+. The SMILES string of the molecule is CCOc1cc(/C=N/NC(=O)c2ccc(COc3ccc(-n4c(C)ccc4C)cc3)o2)cc(I)c1OCC(=O)Nc1ccc(C)cc1. The normalized spacial score (nSPS) is 11.0. The van der Waals surface area contributed by atoms with Crippen molar-refractivity contribution in [3.8, 4) is 22.9 Å². The summed E-state index contributed by atoms with van der Waals surface area (Å²) in [6.07, 6.45) is 1.49. The Hall–Kier alpha value is -5.04. The third-order valence-corrected chi connectivity index (χ3v) is 7.83. The Morgan fingerprint density at radius 1 is 0.894 bits per heavy atom.